The van der Waals surface area contributed by atoms with Crippen LogP contribution >= 0.6 is 39.1 Å². The van der Waals surface area contributed by atoms with Crippen LogP contribution in [0.3, 0.4) is 0 Å². The van der Waals surface area contributed by atoms with Crippen molar-refractivity contribution in [2.24, 2.45) is 0 Å². The minimum Gasteiger partial charge on any atom is -0.424 e. The van der Waals surface area contributed by atoms with Crippen molar-refractivity contribution in [3.63, 3.8) is 0 Å². The largest absolute Gasteiger partial charge is 0.424 e. The topological polar surface area (TPSA) is 61.0 Å². The van der Waals surface area contributed by atoms with Gasteiger partial charge in [-0.1, -0.05) is 23.2 Å². The number of hydrogen-bond acceptors (Lipinski definition) is 4. The summed E-state index contributed by atoms with van der Waals surface area (Å²) in [5.41, 5.74) is 5.56. The van der Waals surface area contributed by atoms with Crippen molar-refractivity contribution in [1.29, 1.82) is 0 Å². The van der Waals surface area contributed by atoms with Crippen LogP contribution in [-0.2, 0) is 0 Å². The second-order valence-corrected chi connectivity index (χ2v) is 4.79. The van der Waals surface area contributed by atoms with Gasteiger partial charge in [-0.3, -0.25) is 0 Å². The lowest BCUT2D eigenvalue weighted by Crippen LogP contribution is -1.97. The van der Waals surface area contributed by atoms with E-state index in [-0.39, 0.29) is 6.01 Å². The number of aromatic nitrogens is 2. The SMILES string of the molecule is Nc1cc(Br)nc(Oc2cc(Cl)cc(Cl)c2)n1. The van der Waals surface area contributed by atoms with Crippen LogP contribution in [0.4, 0.5) is 5.82 Å². The lowest BCUT2D eigenvalue weighted by Gasteiger charge is -2.05. The first-order chi connectivity index (χ1) is 8.02. The summed E-state index contributed by atoms with van der Waals surface area (Å²) in [5, 5.41) is 0.936. The molecule has 2 aromatic rings. The molecule has 4 nitrogen and oxygen atoms in total. The van der Waals surface area contributed by atoms with Crippen molar-refractivity contribution in [2.45, 2.75) is 0 Å². The highest BCUT2D eigenvalue weighted by Crippen LogP contribution is 2.27. The molecule has 0 fully saturated rings. The van der Waals surface area contributed by atoms with E-state index in [1.165, 1.54) is 0 Å². The zero-order valence-corrected chi connectivity index (χ0v) is 11.4. The van der Waals surface area contributed by atoms with E-state index < -0.39 is 0 Å². The van der Waals surface area contributed by atoms with E-state index in [0.717, 1.165) is 0 Å². The molecular weight excluding hydrogens is 329 g/mol. The fraction of sp³-hybridized carbons (Fsp3) is 0. The molecule has 17 heavy (non-hydrogen) atoms. The quantitative estimate of drug-likeness (QED) is 0.845. The Hall–Kier alpha value is -1.04. The summed E-state index contributed by atoms with van der Waals surface area (Å²) in [5.74, 6) is 0.745. The number of nitrogens with zero attached hydrogens (tertiary/aromatic N) is 2. The summed E-state index contributed by atoms with van der Waals surface area (Å²) in [4.78, 5) is 7.92. The van der Waals surface area contributed by atoms with Crippen molar-refractivity contribution < 1.29 is 4.74 Å². The molecule has 1 aromatic heterocycles. The fourth-order valence-corrected chi connectivity index (χ4v) is 2.04. The zero-order valence-electron chi connectivity index (χ0n) is 8.32. The van der Waals surface area contributed by atoms with Crippen LogP contribution in [0.2, 0.25) is 10.0 Å². The zero-order chi connectivity index (χ0) is 12.4. The van der Waals surface area contributed by atoms with E-state index in [1.807, 2.05) is 0 Å². The Labute approximate surface area is 116 Å². The fourth-order valence-electron chi connectivity index (χ4n) is 1.15. The maximum atomic E-state index is 5.84. The molecule has 0 spiro atoms. The average Bonchev–Trinajstić information content (AvgIpc) is 2.13. The van der Waals surface area contributed by atoms with Crippen LogP contribution in [-0.4, -0.2) is 9.97 Å². The van der Waals surface area contributed by atoms with Crippen molar-refractivity contribution in [2.75, 3.05) is 5.73 Å². The number of halogens is 3. The third kappa shape index (κ3) is 3.46. The van der Waals surface area contributed by atoms with Gasteiger partial charge in [0, 0.05) is 16.1 Å². The third-order valence-electron chi connectivity index (χ3n) is 1.74. The van der Waals surface area contributed by atoms with Gasteiger partial charge >= 0.3 is 6.01 Å². The normalized spacial score (nSPS) is 10.3. The average molecular weight is 335 g/mol. The Bertz CT molecular complexity index is 475. The lowest BCUT2D eigenvalue weighted by atomic mass is 10.3. The Morgan fingerprint density at radius 1 is 1.06 bits per heavy atom. The molecule has 0 aliphatic heterocycles. The molecule has 1 aromatic carbocycles. The van der Waals surface area contributed by atoms with Gasteiger partial charge in [0.15, 0.2) is 0 Å². The van der Waals surface area contributed by atoms with Crippen molar-refractivity contribution in [3.8, 4) is 11.8 Å². The molecule has 0 unspecified atom stereocenters. The maximum absolute atomic E-state index is 5.84. The summed E-state index contributed by atoms with van der Waals surface area (Å²) >= 11 is 14.9. The van der Waals surface area contributed by atoms with Gasteiger partial charge in [-0.15, -0.1) is 0 Å². The van der Waals surface area contributed by atoms with Crippen LogP contribution in [0.1, 0.15) is 0 Å². The minimum absolute atomic E-state index is 0.121. The summed E-state index contributed by atoms with van der Waals surface area (Å²) in [6.07, 6.45) is 0. The number of nitrogens with two attached hydrogens (primary N) is 1. The predicted molar refractivity (Wildman–Crippen MR) is 70.7 cm³/mol. The molecule has 0 saturated heterocycles. The van der Waals surface area contributed by atoms with Gasteiger partial charge in [0.25, 0.3) is 0 Å². The minimum atomic E-state index is 0.121. The molecule has 88 valence electrons. The van der Waals surface area contributed by atoms with Gasteiger partial charge < -0.3 is 10.5 Å². The van der Waals surface area contributed by atoms with E-state index in [1.54, 1.807) is 24.3 Å². The predicted octanol–water partition coefficient (Wildman–Crippen LogP) is 3.92. The smallest absolute Gasteiger partial charge is 0.325 e. The number of anilines is 1. The first-order valence-electron chi connectivity index (χ1n) is 4.47. The first kappa shape index (κ1) is 12.4. The summed E-state index contributed by atoms with van der Waals surface area (Å²) < 4.78 is 5.94. The van der Waals surface area contributed by atoms with Gasteiger partial charge in [-0.05, 0) is 34.1 Å². The van der Waals surface area contributed by atoms with Gasteiger partial charge in [0.1, 0.15) is 16.2 Å². The molecule has 0 bridgehead atoms. The van der Waals surface area contributed by atoms with Gasteiger partial charge in [0.05, 0.1) is 0 Å². The van der Waals surface area contributed by atoms with Crippen molar-refractivity contribution in [3.05, 3.63) is 38.9 Å². The number of ether oxygens (including phenoxy) is 1. The summed E-state index contributed by atoms with van der Waals surface area (Å²) in [6.45, 7) is 0. The van der Waals surface area contributed by atoms with E-state index in [9.17, 15) is 0 Å². The molecular formula is C10H6BrCl2N3O. The van der Waals surface area contributed by atoms with Crippen LogP contribution in [0.15, 0.2) is 28.9 Å². The van der Waals surface area contributed by atoms with Crippen molar-refractivity contribution >= 4 is 44.9 Å². The highest BCUT2D eigenvalue weighted by molar-refractivity contribution is 9.10. The molecule has 0 atom stereocenters. The summed E-state index contributed by atoms with van der Waals surface area (Å²) in [6, 6.07) is 6.50. The van der Waals surface area contributed by atoms with Crippen LogP contribution in [0, 0.1) is 0 Å². The maximum Gasteiger partial charge on any atom is 0.325 e. The Morgan fingerprint density at radius 2 is 1.71 bits per heavy atom. The van der Waals surface area contributed by atoms with E-state index in [4.69, 9.17) is 33.7 Å². The number of hydrogen-bond donors (Lipinski definition) is 1. The van der Waals surface area contributed by atoms with Gasteiger partial charge in [-0.2, -0.15) is 9.97 Å². The Kier molecular flexibility index (Phi) is 3.71. The van der Waals surface area contributed by atoms with Crippen molar-refractivity contribution in [1.82, 2.24) is 9.97 Å². The molecule has 0 radical (unpaired) electrons. The second-order valence-electron chi connectivity index (χ2n) is 3.11. The number of nitrogen functional groups attached to an aromatic ring is 1. The summed E-state index contributed by atoms with van der Waals surface area (Å²) in [7, 11) is 0. The molecule has 2 rings (SSSR count). The Morgan fingerprint density at radius 3 is 2.29 bits per heavy atom. The highest BCUT2D eigenvalue weighted by Gasteiger charge is 2.05. The Balaban J connectivity index is 2.31. The molecule has 1 heterocycles. The molecule has 2 N–H and O–H groups in total. The molecule has 0 aliphatic rings. The highest BCUT2D eigenvalue weighted by atomic mass is 79.9. The van der Waals surface area contributed by atoms with Crippen LogP contribution in [0.25, 0.3) is 0 Å². The van der Waals surface area contributed by atoms with Gasteiger partial charge in [0.2, 0.25) is 0 Å². The molecule has 0 saturated carbocycles. The van der Waals surface area contributed by atoms with Gasteiger partial charge in [-0.25, -0.2) is 0 Å². The van der Waals surface area contributed by atoms with Crippen LogP contribution in [0.5, 0.6) is 11.8 Å². The van der Waals surface area contributed by atoms with E-state index in [0.29, 0.717) is 26.2 Å². The number of rotatable bonds is 2. The number of benzene rings is 1. The molecule has 7 heteroatoms. The third-order valence-corrected chi connectivity index (χ3v) is 2.58. The molecule has 0 aliphatic carbocycles. The standard InChI is InChI=1S/C10H6BrCl2N3O/c11-8-4-9(14)16-10(15-8)17-7-2-5(12)1-6(13)3-7/h1-4H,(H2,14,15,16). The first-order valence-corrected chi connectivity index (χ1v) is 6.02. The second kappa shape index (κ2) is 5.08. The van der Waals surface area contributed by atoms with E-state index in [2.05, 4.69) is 25.9 Å². The monoisotopic (exact) mass is 333 g/mol. The van der Waals surface area contributed by atoms with Crippen LogP contribution < -0.4 is 10.5 Å². The lowest BCUT2D eigenvalue weighted by molar-refractivity contribution is 0.441. The van der Waals surface area contributed by atoms with E-state index >= 15 is 0 Å². The molecule has 0 amide bonds.